The Morgan fingerprint density at radius 2 is 2.00 bits per heavy atom. The van der Waals surface area contributed by atoms with Crippen LogP contribution in [0.25, 0.3) is 10.2 Å². The summed E-state index contributed by atoms with van der Waals surface area (Å²) in [6.45, 7) is 2.31. The Bertz CT molecular complexity index is 1130. The van der Waals surface area contributed by atoms with E-state index in [1.165, 1.54) is 11.3 Å². The molecule has 5 nitrogen and oxygen atoms in total. The van der Waals surface area contributed by atoms with Crippen LogP contribution in [-0.4, -0.2) is 22.5 Å². The molecule has 0 N–H and O–H groups in total. The van der Waals surface area contributed by atoms with Crippen LogP contribution < -0.4 is 9.64 Å². The zero-order chi connectivity index (χ0) is 20.2. The molecule has 2 aromatic heterocycles. The molecular formula is C22H18ClN3O2S. The molecule has 0 fully saturated rings. The number of thiazole rings is 1. The maximum atomic E-state index is 13.1. The summed E-state index contributed by atoms with van der Waals surface area (Å²) in [6, 6.07) is 16.8. The number of fused-ring (bicyclic) bond motifs is 1. The van der Waals surface area contributed by atoms with Crippen LogP contribution in [0.3, 0.4) is 0 Å². The fourth-order valence-electron chi connectivity index (χ4n) is 2.83. The van der Waals surface area contributed by atoms with E-state index >= 15 is 0 Å². The predicted molar refractivity (Wildman–Crippen MR) is 117 cm³/mol. The molecule has 2 heterocycles. The van der Waals surface area contributed by atoms with Gasteiger partial charge in [-0.1, -0.05) is 35.1 Å². The molecule has 0 atom stereocenters. The second-order valence-electron chi connectivity index (χ2n) is 6.55. The number of aryl methyl sites for hydroxylation is 1. The average Bonchev–Trinajstić information content (AvgIpc) is 3.15. The van der Waals surface area contributed by atoms with Crippen molar-refractivity contribution >= 4 is 44.2 Å². The van der Waals surface area contributed by atoms with Gasteiger partial charge >= 0.3 is 0 Å². The van der Waals surface area contributed by atoms with Crippen LogP contribution in [0.1, 0.15) is 11.1 Å². The molecule has 7 heteroatoms. The Labute approximate surface area is 177 Å². The third-order valence-corrected chi connectivity index (χ3v) is 5.60. The van der Waals surface area contributed by atoms with Crippen LogP contribution in [0.4, 0.5) is 5.13 Å². The second kappa shape index (κ2) is 8.59. The van der Waals surface area contributed by atoms with Gasteiger partial charge in [-0.15, -0.1) is 0 Å². The Morgan fingerprint density at radius 1 is 1.17 bits per heavy atom. The number of nitrogens with zero attached hydrogens (tertiary/aromatic N) is 3. The zero-order valence-electron chi connectivity index (χ0n) is 15.7. The Balaban J connectivity index is 1.59. The fourth-order valence-corrected chi connectivity index (χ4v) is 4.03. The number of pyridine rings is 1. The summed E-state index contributed by atoms with van der Waals surface area (Å²) in [4.78, 5) is 23.5. The number of carbonyl (C=O) groups excluding carboxylic acids is 1. The molecule has 4 rings (SSSR count). The number of anilines is 1. The van der Waals surface area contributed by atoms with Crippen molar-refractivity contribution < 1.29 is 9.53 Å². The van der Waals surface area contributed by atoms with Crippen LogP contribution in [0.2, 0.25) is 5.02 Å². The first-order chi connectivity index (χ1) is 14.1. The van der Waals surface area contributed by atoms with Crippen molar-refractivity contribution in [3.63, 3.8) is 0 Å². The van der Waals surface area contributed by atoms with Gasteiger partial charge in [-0.3, -0.25) is 14.7 Å². The van der Waals surface area contributed by atoms with Crippen molar-refractivity contribution in [2.45, 2.75) is 13.5 Å². The second-order valence-corrected chi connectivity index (χ2v) is 8.00. The van der Waals surface area contributed by atoms with Gasteiger partial charge in [0, 0.05) is 17.4 Å². The van der Waals surface area contributed by atoms with Crippen molar-refractivity contribution in [3.8, 4) is 5.75 Å². The topological polar surface area (TPSA) is 55.3 Å². The molecule has 0 saturated carbocycles. The molecule has 0 radical (unpaired) electrons. The Hall–Kier alpha value is -2.96. The summed E-state index contributed by atoms with van der Waals surface area (Å²) in [5, 5.41) is 1.26. The minimum atomic E-state index is -0.181. The van der Waals surface area contributed by atoms with Crippen LogP contribution in [-0.2, 0) is 11.3 Å². The van der Waals surface area contributed by atoms with E-state index in [1.54, 1.807) is 41.6 Å². The number of amides is 1. The van der Waals surface area contributed by atoms with Crippen LogP contribution >= 0.6 is 22.9 Å². The molecule has 0 aliphatic rings. The highest BCUT2D eigenvalue weighted by Gasteiger charge is 2.21. The molecule has 146 valence electrons. The van der Waals surface area contributed by atoms with E-state index in [1.807, 2.05) is 31.2 Å². The summed E-state index contributed by atoms with van der Waals surface area (Å²) in [6.07, 6.45) is 3.46. The van der Waals surface area contributed by atoms with Gasteiger partial charge in [-0.25, -0.2) is 4.98 Å². The lowest BCUT2D eigenvalue weighted by atomic mass is 10.2. The summed E-state index contributed by atoms with van der Waals surface area (Å²) >= 11 is 7.39. The Kier molecular flexibility index (Phi) is 5.74. The smallest absolute Gasteiger partial charge is 0.267 e. The van der Waals surface area contributed by atoms with Crippen molar-refractivity contribution in [2.75, 3.05) is 11.5 Å². The van der Waals surface area contributed by atoms with Crippen molar-refractivity contribution in [3.05, 3.63) is 83.1 Å². The standard InChI is InChI=1S/C22H18ClN3O2S/c1-15-4-9-19-20(11-15)29-22(25-19)26(13-16-3-2-10-24-12-16)21(27)14-28-18-7-5-17(23)6-8-18/h2-12H,13-14H2,1H3. The lowest BCUT2D eigenvalue weighted by Crippen LogP contribution is -2.34. The van der Waals surface area contributed by atoms with E-state index in [2.05, 4.69) is 16.0 Å². The maximum Gasteiger partial charge on any atom is 0.267 e. The SMILES string of the molecule is Cc1ccc2nc(N(Cc3cccnc3)C(=O)COc3ccc(Cl)cc3)sc2c1. The van der Waals surface area contributed by atoms with Crippen LogP contribution in [0.15, 0.2) is 67.0 Å². The molecule has 0 saturated heterocycles. The van der Waals surface area contributed by atoms with E-state index in [0.29, 0.717) is 22.4 Å². The quantitative estimate of drug-likeness (QED) is 0.424. The molecule has 0 spiro atoms. The largest absolute Gasteiger partial charge is 0.484 e. The summed E-state index contributed by atoms with van der Waals surface area (Å²) in [7, 11) is 0. The fraction of sp³-hybridized carbons (Fsp3) is 0.136. The number of hydrogen-bond donors (Lipinski definition) is 0. The summed E-state index contributed by atoms with van der Waals surface area (Å²) in [5.74, 6) is 0.406. The Morgan fingerprint density at radius 3 is 2.76 bits per heavy atom. The van der Waals surface area contributed by atoms with E-state index in [0.717, 1.165) is 21.3 Å². The first-order valence-electron chi connectivity index (χ1n) is 9.03. The molecule has 29 heavy (non-hydrogen) atoms. The number of ether oxygens (including phenoxy) is 1. The molecule has 0 bridgehead atoms. The third-order valence-electron chi connectivity index (χ3n) is 4.30. The van der Waals surface area contributed by atoms with Gasteiger partial charge in [0.15, 0.2) is 11.7 Å². The van der Waals surface area contributed by atoms with E-state index in [4.69, 9.17) is 16.3 Å². The van der Waals surface area contributed by atoms with Crippen molar-refractivity contribution in [1.82, 2.24) is 9.97 Å². The van der Waals surface area contributed by atoms with Gasteiger partial charge in [0.05, 0.1) is 16.8 Å². The number of aromatic nitrogens is 2. The molecule has 1 amide bonds. The van der Waals surface area contributed by atoms with Crippen LogP contribution in [0, 0.1) is 6.92 Å². The van der Waals surface area contributed by atoms with E-state index in [9.17, 15) is 4.79 Å². The number of carbonyl (C=O) groups is 1. The first kappa shape index (κ1) is 19.4. The normalized spacial score (nSPS) is 10.8. The molecular weight excluding hydrogens is 406 g/mol. The highest BCUT2D eigenvalue weighted by molar-refractivity contribution is 7.22. The van der Waals surface area contributed by atoms with Gasteiger partial charge in [0.2, 0.25) is 0 Å². The average molecular weight is 424 g/mol. The number of hydrogen-bond acceptors (Lipinski definition) is 5. The first-order valence-corrected chi connectivity index (χ1v) is 10.2. The van der Waals surface area contributed by atoms with Gasteiger partial charge in [0.25, 0.3) is 5.91 Å². The highest BCUT2D eigenvalue weighted by Crippen LogP contribution is 2.30. The zero-order valence-corrected chi connectivity index (χ0v) is 17.3. The molecule has 0 unspecified atom stereocenters. The molecule has 0 aliphatic heterocycles. The minimum Gasteiger partial charge on any atom is -0.484 e. The maximum absolute atomic E-state index is 13.1. The lowest BCUT2D eigenvalue weighted by Gasteiger charge is -2.20. The predicted octanol–water partition coefficient (Wildman–Crippen LogP) is 5.27. The molecule has 2 aromatic carbocycles. The van der Waals surface area contributed by atoms with Gasteiger partial charge in [0.1, 0.15) is 5.75 Å². The summed E-state index contributed by atoms with van der Waals surface area (Å²) < 4.78 is 6.71. The lowest BCUT2D eigenvalue weighted by molar-refractivity contribution is -0.120. The molecule has 0 aliphatic carbocycles. The monoisotopic (exact) mass is 423 g/mol. The van der Waals surface area contributed by atoms with Gasteiger partial charge in [-0.05, 0) is 60.5 Å². The van der Waals surface area contributed by atoms with Gasteiger partial charge in [-0.2, -0.15) is 0 Å². The number of rotatable bonds is 6. The van der Waals surface area contributed by atoms with Crippen molar-refractivity contribution in [2.24, 2.45) is 0 Å². The van der Waals surface area contributed by atoms with Gasteiger partial charge < -0.3 is 4.74 Å². The number of benzene rings is 2. The molecule has 4 aromatic rings. The van der Waals surface area contributed by atoms with Crippen molar-refractivity contribution in [1.29, 1.82) is 0 Å². The minimum absolute atomic E-state index is 0.100. The highest BCUT2D eigenvalue weighted by atomic mass is 35.5. The van der Waals surface area contributed by atoms with E-state index in [-0.39, 0.29) is 12.5 Å². The third kappa shape index (κ3) is 4.72. The van der Waals surface area contributed by atoms with Crippen LogP contribution in [0.5, 0.6) is 5.75 Å². The number of halogens is 1. The van der Waals surface area contributed by atoms with E-state index < -0.39 is 0 Å². The summed E-state index contributed by atoms with van der Waals surface area (Å²) in [5.41, 5.74) is 2.95.